The molecule has 0 amide bonds. The standard InChI is InChI=1S/C12H20N4OS/c1-12(2,3)11-14-9(13)8-10(15-11)16-4-6-18(17)7-5-16/h8H,4-7H2,1-3H3,(H2,13,14,15). The summed E-state index contributed by atoms with van der Waals surface area (Å²) in [6.07, 6.45) is 0. The lowest BCUT2D eigenvalue weighted by atomic mass is 9.96. The van der Waals surface area contributed by atoms with Crippen molar-refractivity contribution in [1.82, 2.24) is 9.97 Å². The van der Waals surface area contributed by atoms with Gasteiger partial charge in [-0.1, -0.05) is 20.8 Å². The molecular formula is C12H20N4OS. The lowest BCUT2D eigenvalue weighted by Crippen LogP contribution is -2.38. The van der Waals surface area contributed by atoms with Crippen molar-refractivity contribution in [2.45, 2.75) is 26.2 Å². The molecule has 1 aliphatic rings. The largest absolute Gasteiger partial charge is 0.384 e. The number of nitrogens with zero attached hydrogens (tertiary/aromatic N) is 3. The van der Waals surface area contributed by atoms with Crippen molar-refractivity contribution in [1.29, 1.82) is 0 Å². The van der Waals surface area contributed by atoms with Gasteiger partial charge in [-0.2, -0.15) is 0 Å². The molecule has 0 aromatic carbocycles. The van der Waals surface area contributed by atoms with Gasteiger partial charge in [0, 0.05) is 46.9 Å². The Morgan fingerprint density at radius 2 is 1.89 bits per heavy atom. The fourth-order valence-electron chi connectivity index (χ4n) is 1.82. The summed E-state index contributed by atoms with van der Waals surface area (Å²) in [7, 11) is -0.679. The summed E-state index contributed by atoms with van der Waals surface area (Å²) in [5, 5.41) is 0. The number of hydrogen-bond donors (Lipinski definition) is 1. The van der Waals surface area contributed by atoms with E-state index in [-0.39, 0.29) is 5.41 Å². The molecule has 0 spiro atoms. The van der Waals surface area contributed by atoms with Gasteiger partial charge in [0.25, 0.3) is 0 Å². The van der Waals surface area contributed by atoms with Gasteiger partial charge in [-0.3, -0.25) is 4.21 Å². The Labute approximate surface area is 110 Å². The first-order chi connectivity index (χ1) is 8.36. The monoisotopic (exact) mass is 268 g/mol. The van der Waals surface area contributed by atoms with Gasteiger partial charge in [0.15, 0.2) is 0 Å². The zero-order chi connectivity index (χ0) is 13.3. The molecule has 0 radical (unpaired) electrons. The number of rotatable bonds is 1. The van der Waals surface area contributed by atoms with E-state index < -0.39 is 10.8 Å². The number of anilines is 2. The van der Waals surface area contributed by atoms with Crippen molar-refractivity contribution in [2.24, 2.45) is 0 Å². The first kappa shape index (κ1) is 13.3. The minimum atomic E-state index is -0.679. The molecule has 1 fully saturated rings. The smallest absolute Gasteiger partial charge is 0.138 e. The van der Waals surface area contributed by atoms with Crippen LogP contribution in [0.2, 0.25) is 0 Å². The molecule has 0 bridgehead atoms. The molecule has 2 rings (SSSR count). The number of nitrogen functional groups attached to an aromatic ring is 1. The van der Waals surface area contributed by atoms with Crippen LogP contribution < -0.4 is 10.6 Å². The summed E-state index contributed by atoms with van der Waals surface area (Å²) in [6, 6.07) is 1.80. The summed E-state index contributed by atoms with van der Waals surface area (Å²) >= 11 is 0. The van der Waals surface area contributed by atoms with Crippen LogP contribution in [0.1, 0.15) is 26.6 Å². The predicted octanol–water partition coefficient (Wildman–Crippen LogP) is 0.925. The Morgan fingerprint density at radius 3 is 2.44 bits per heavy atom. The Hall–Kier alpha value is -1.17. The Morgan fingerprint density at radius 1 is 1.28 bits per heavy atom. The molecule has 6 heteroatoms. The molecule has 0 saturated carbocycles. The van der Waals surface area contributed by atoms with Crippen LogP contribution in [-0.2, 0) is 16.2 Å². The van der Waals surface area contributed by atoms with Crippen LogP contribution in [0.5, 0.6) is 0 Å². The van der Waals surface area contributed by atoms with Gasteiger partial charge in [-0.05, 0) is 0 Å². The van der Waals surface area contributed by atoms with Crippen molar-refractivity contribution >= 4 is 22.4 Å². The number of nitrogens with two attached hydrogens (primary N) is 1. The molecular weight excluding hydrogens is 248 g/mol. The van der Waals surface area contributed by atoms with Crippen molar-refractivity contribution in [3.8, 4) is 0 Å². The van der Waals surface area contributed by atoms with Crippen LogP contribution in [0.25, 0.3) is 0 Å². The molecule has 1 aromatic heterocycles. The summed E-state index contributed by atoms with van der Waals surface area (Å²) in [4.78, 5) is 11.0. The van der Waals surface area contributed by atoms with Crippen molar-refractivity contribution in [2.75, 3.05) is 35.2 Å². The van der Waals surface area contributed by atoms with E-state index in [0.29, 0.717) is 17.3 Å². The molecule has 0 atom stereocenters. The highest BCUT2D eigenvalue weighted by Gasteiger charge is 2.22. The Bertz CT molecular complexity index is 460. The maximum atomic E-state index is 11.4. The number of aromatic nitrogens is 2. The first-order valence-electron chi connectivity index (χ1n) is 6.11. The highest BCUT2D eigenvalue weighted by atomic mass is 32.2. The van der Waals surface area contributed by atoms with Gasteiger partial charge in [0.05, 0.1) is 0 Å². The molecule has 0 unspecified atom stereocenters. The van der Waals surface area contributed by atoms with E-state index in [1.807, 2.05) is 0 Å². The van der Waals surface area contributed by atoms with Gasteiger partial charge < -0.3 is 10.6 Å². The molecule has 5 nitrogen and oxygen atoms in total. The van der Waals surface area contributed by atoms with Gasteiger partial charge in [-0.25, -0.2) is 9.97 Å². The van der Waals surface area contributed by atoms with E-state index in [0.717, 1.165) is 24.7 Å². The molecule has 2 N–H and O–H groups in total. The van der Waals surface area contributed by atoms with Crippen molar-refractivity contribution < 1.29 is 4.21 Å². The topological polar surface area (TPSA) is 72.1 Å². The average molecular weight is 268 g/mol. The third kappa shape index (κ3) is 2.98. The van der Waals surface area contributed by atoms with Crippen LogP contribution in [0.15, 0.2) is 6.07 Å². The highest BCUT2D eigenvalue weighted by molar-refractivity contribution is 7.85. The van der Waals surface area contributed by atoms with Crippen molar-refractivity contribution in [3.05, 3.63) is 11.9 Å². The first-order valence-corrected chi connectivity index (χ1v) is 7.60. The van der Waals surface area contributed by atoms with Gasteiger partial charge in [-0.15, -0.1) is 0 Å². The maximum Gasteiger partial charge on any atom is 0.138 e. The quantitative estimate of drug-likeness (QED) is 0.820. The molecule has 1 aliphatic heterocycles. The van der Waals surface area contributed by atoms with E-state index in [2.05, 4.69) is 35.6 Å². The van der Waals surface area contributed by atoms with Crippen LogP contribution >= 0.6 is 0 Å². The minimum Gasteiger partial charge on any atom is -0.384 e. The van der Waals surface area contributed by atoms with Crippen molar-refractivity contribution in [3.63, 3.8) is 0 Å². The van der Waals surface area contributed by atoms with Crippen LogP contribution in [-0.4, -0.2) is 38.8 Å². The fraction of sp³-hybridized carbons (Fsp3) is 0.667. The minimum absolute atomic E-state index is 0.122. The van der Waals surface area contributed by atoms with Gasteiger partial charge >= 0.3 is 0 Å². The summed E-state index contributed by atoms with van der Waals surface area (Å²) in [6.45, 7) is 7.74. The van der Waals surface area contributed by atoms with Gasteiger partial charge in [0.1, 0.15) is 17.5 Å². The predicted molar refractivity (Wildman–Crippen MR) is 75.2 cm³/mol. The maximum absolute atomic E-state index is 11.4. The third-order valence-corrected chi connectivity index (χ3v) is 4.18. The molecule has 1 saturated heterocycles. The van der Waals surface area contributed by atoms with Crippen LogP contribution in [0.4, 0.5) is 11.6 Å². The van der Waals surface area contributed by atoms with Gasteiger partial charge in [0.2, 0.25) is 0 Å². The second-order valence-electron chi connectivity index (χ2n) is 5.56. The lowest BCUT2D eigenvalue weighted by Gasteiger charge is -2.28. The Balaban J connectivity index is 2.28. The average Bonchev–Trinajstić information content (AvgIpc) is 2.28. The van der Waals surface area contributed by atoms with Crippen LogP contribution in [0, 0.1) is 0 Å². The zero-order valence-electron chi connectivity index (χ0n) is 11.1. The summed E-state index contributed by atoms with van der Waals surface area (Å²) < 4.78 is 11.4. The van der Waals surface area contributed by atoms with E-state index in [1.54, 1.807) is 6.07 Å². The van der Waals surface area contributed by atoms with E-state index in [9.17, 15) is 4.21 Å². The second-order valence-corrected chi connectivity index (χ2v) is 7.26. The Kier molecular flexibility index (Phi) is 3.56. The normalized spacial score (nSPS) is 18.1. The number of hydrogen-bond acceptors (Lipinski definition) is 5. The third-order valence-electron chi connectivity index (χ3n) is 2.91. The molecule has 2 heterocycles. The molecule has 1 aromatic rings. The van der Waals surface area contributed by atoms with Crippen LogP contribution in [0.3, 0.4) is 0 Å². The summed E-state index contributed by atoms with van der Waals surface area (Å²) in [5.74, 6) is 3.51. The lowest BCUT2D eigenvalue weighted by molar-refractivity contribution is 0.545. The highest BCUT2D eigenvalue weighted by Crippen LogP contribution is 2.23. The van der Waals surface area contributed by atoms with E-state index in [4.69, 9.17) is 5.73 Å². The van der Waals surface area contributed by atoms with E-state index >= 15 is 0 Å². The fourth-order valence-corrected chi connectivity index (χ4v) is 2.87. The second kappa shape index (κ2) is 4.84. The molecule has 0 aliphatic carbocycles. The van der Waals surface area contributed by atoms with E-state index in [1.165, 1.54) is 0 Å². The zero-order valence-corrected chi connectivity index (χ0v) is 12.0. The molecule has 100 valence electrons. The SMILES string of the molecule is CC(C)(C)c1nc(N)cc(N2CCS(=O)CC2)n1. The molecule has 18 heavy (non-hydrogen) atoms. The summed E-state index contributed by atoms with van der Waals surface area (Å²) in [5.41, 5.74) is 5.73.